The van der Waals surface area contributed by atoms with E-state index in [-0.39, 0.29) is 17.9 Å². The topological polar surface area (TPSA) is 117 Å². The first-order chi connectivity index (χ1) is 44.4. The van der Waals surface area contributed by atoms with Gasteiger partial charge in [0, 0.05) is 52.1 Å². The van der Waals surface area contributed by atoms with Crippen molar-refractivity contribution < 1.29 is 19.8 Å². The van der Waals surface area contributed by atoms with Gasteiger partial charge in [-0.2, -0.15) is 0 Å². The molecule has 0 aliphatic heterocycles. The summed E-state index contributed by atoms with van der Waals surface area (Å²) >= 11 is 0. The predicted octanol–water partition coefficient (Wildman–Crippen LogP) is 22.3. The Balaban J connectivity index is 4.92. The number of aliphatic hydroxyl groups is 2. The fraction of sp³-hybridized carbons (Fsp3) is 0.926. The molecule has 534 valence electrons. The third-order valence-corrected chi connectivity index (χ3v) is 18.9. The number of hydrogen-bond acceptors (Lipinski definition) is 7. The van der Waals surface area contributed by atoms with E-state index in [2.05, 4.69) is 77.7 Å². The molecule has 0 saturated carbocycles. The number of aliphatic hydroxyl groups excluding tert-OH is 2. The second-order valence-electron chi connectivity index (χ2n) is 28.2. The van der Waals surface area contributed by atoms with Crippen molar-refractivity contribution in [2.24, 2.45) is 0 Å². The Morgan fingerprint density at radius 1 is 0.300 bits per heavy atom. The van der Waals surface area contributed by atoms with Crippen LogP contribution < -0.4 is 16.0 Å². The van der Waals surface area contributed by atoms with E-state index in [0.29, 0.717) is 39.0 Å². The first-order valence-electron chi connectivity index (χ1n) is 40.7. The number of unbranched alkanes of at least 4 members (excludes halogenated alkanes) is 48. The molecule has 0 aromatic carbocycles. The second kappa shape index (κ2) is 76.2. The number of amides is 2. The lowest BCUT2D eigenvalue weighted by atomic mass is 10.0. The first kappa shape index (κ1) is 88.2. The van der Waals surface area contributed by atoms with Crippen molar-refractivity contribution >= 4 is 11.8 Å². The molecular weight excluding hydrogens is 1110 g/mol. The molecular formula is C81H161N5O4. The van der Waals surface area contributed by atoms with Crippen molar-refractivity contribution in [1.29, 1.82) is 0 Å². The van der Waals surface area contributed by atoms with Crippen LogP contribution in [0, 0.1) is 0 Å². The Bertz CT molecular complexity index is 1360. The highest BCUT2D eigenvalue weighted by molar-refractivity contribution is 5.76. The number of carbonyl (C=O) groups is 2. The van der Waals surface area contributed by atoms with Crippen molar-refractivity contribution in [2.75, 3.05) is 65.4 Å². The van der Waals surface area contributed by atoms with Gasteiger partial charge in [0.1, 0.15) is 0 Å². The smallest absolute Gasteiger partial charge is 0.221 e. The Morgan fingerprint density at radius 2 is 0.567 bits per heavy atom. The molecule has 5 N–H and O–H groups in total. The van der Waals surface area contributed by atoms with Gasteiger partial charge < -0.3 is 36.0 Å². The molecule has 0 aliphatic rings. The summed E-state index contributed by atoms with van der Waals surface area (Å²) < 4.78 is 0. The summed E-state index contributed by atoms with van der Waals surface area (Å²) in [6.07, 6.45) is 82.8. The summed E-state index contributed by atoms with van der Waals surface area (Å²) in [4.78, 5) is 30.4. The molecule has 0 saturated heterocycles. The standard InChI is InChI=1S/C81H161N5O4/c1-5-9-13-17-21-25-29-33-35-37-39-41-45-49-53-59-68-83-80(89)66-58-57-65-78(87)76-85(71-61-55-51-47-43-31-27-23-19-15-11-7-3)73-63-64-74-86(72-62-56-52-48-44-32-28-24-20-16-12-8-4)77-79(88)75-82-70-67-81(90)84-69-60-54-50-46-42-40-38-36-34-30-26-22-18-14-10-6-2/h33-36,78-79,82,87-88H,5-32,37-77H2,1-4H3,(H,83,89)(H,84,90)/b35-33+,36-34+. The summed E-state index contributed by atoms with van der Waals surface area (Å²) in [7, 11) is 0. The fourth-order valence-electron chi connectivity index (χ4n) is 12.9. The number of hydrogen-bond donors (Lipinski definition) is 5. The van der Waals surface area contributed by atoms with Crippen LogP contribution in [-0.2, 0) is 9.59 Å². The van der Waals surface area contributed by atoms with E-state index < -0.39 is 6.10 Å². The van der Waals surface area contributed by atoms with Crippen LogP contribution in [0.4, 0.5) is 0 Å². The third kappa shape index (κ3) is 72.1. The molecule has 9 heteroatoms. The average molecular weight is 1270 g/mol. The minimum Gasteiger partial charge on any atom is -0.392 e. The van der Waals surface area contributed by atoms with Gasteiger partial charge in [-0.3, -0.25) is 9.59 Å². The molecule has 2 atom stereocenters. The van der Waals surface area contributed by atoms with E-state index in [0.717, 1.165) is 84.2 Å². The van der Waals surface area contributed by atoms with E-state index in [4.69, 9.17) is 0 Å². The monoisotopic (exact) mass is 1270 g/mol. The molecule has 0 heterocycles. The molecule has 9 nitrogen and oxygen atoms in total. The summed E-state index contributed by atoms with van der Waals surface area (Å²) in [5.74, 6) is 0.268. The average Bonchev–Trinajstić information content (AvgIpc) is 3.70. The molecule has 0 radical (unpaired) electrons. The van der Waals surface area contributed by atoms with Crippen LogP contribution in [0.1, 0.15) is 407 Å². The number of allylic oxidation sites excluding steroid dienone is 4. The summed E-state index contributed by atoms with van der Waals surface area (Å²) in [6, 6.07) is 0. The summed E-state index contributed by atoms with van der Waals surface area (Å²) in [6.45, 7) is 17.2. The van der Waals surface area contributed by atoms with Gasteiger partial charge in [-0.25, -0.2) is 0 Å². The lowest BCUT2D eigenvalue weighted by Gasteiger charge is -2.27. The Kier molecular flexibility index (Phi) is 74.7. The highest BCUT2D eigenvalue weighted by Gasteiger charge is 2.16. The molecule has 0 bridgehead atoms. The van der Waals surface area contributed by atoms with E-state index in [1.807, 2.05) is 0 Å². The minimum absolute atomic E-state index is 0.104. The highest BCUT2D eigenvalue weighted by atomic mass is 16.3. The number of rotatable bonds is 77. The zero-order valence-corrected chi connectivity index (χ0v) is 61.4. The van der Waals surface area contributed by atoms with Crippen molar-refractivity contribution in [2.45, 2.75) is 419 Å². The van der Waals surface area contributed by atoms with Crippen molar-refractivity contribution in [3.05, 3.63) is 24.3 Å². The highest BCUT2D eigenvalue weighted by Crippen LogP contribution is 2.17. The van der Waals surface area contributed by atoms with Crippen molar-refractivity contribution in [3.8, 4) is 0 Å². The van der Waals surface area contributed by atoms with E-state index in [1.165, 1.54) is 321 Å². The van der Waals surface area contributed by atoms with Crippen LogP contribution in [0.5, 0.6) is 0 Å². The van der Waals surface area contributed by atoms with Crippen LogP contribution in [0.3, 0.4) is 0 Å². The molecule has 0 aromatic rings. The van der Waals surface area contributed by atoms with Gasteiger partial charge in [0.05, 0.1) is 12.2 Å². The van der Waals surface area contributed by atoms with Gasteiger partial charge in [0.15, 0.2) is 0 Å². The molecule has 2 amide bonds. The quantitative estimate of drug-likeness (QED) is 0.0304. The van der Waals surface area contributed by atoms with Gasteiger partial charge in [0.25, 0.3) is 0 Å². The van der Waals surface area contributed by atoms with Gasteiger partial charge in [-0.05, 0) is 129 Å². The van der Waals surface area contributed by atoms with Crippen LogP contribution in [-0.4, -0.2) is 109 Å². The SMILES string of the molecule is CCCCCCCC/C=C/CCCCCCCCNC(=O)CCCCC(O)CN(CCCCCCCCCCCCCC)CCCCN(CCCCCCCCCCCCCC)CC(O)CNCCC(=O)NCCCCCCCC/C=C/CCCCCCCC. The normalized spacial score (nSPS) is 12.7. The summed E-state index contributed by atoms with van der Waals surface area (Å²) in [5, 5.41) is 32.4. The van der Waals surface area contributed by atoms with Crippen LogP contribution in [0.25, 0.3) is 0 Å². The predicted molar refractivity (Wildman–Crippen MR) is 397 cm³/mol. The van der Waals surface area contributed by atoms with Crippen molar-refractivity contribution in [1.82, 2.24) is 25.8 Å². The number of carbonyl (C=O) groups excluding carboxylic acids is 2. The lowest BCUT2D eigenvalue weighted by Crippen LogP contribution is -2.40. The third-order valence-electron chi connectivity index (χ3n) is 18.9. The van der Waals surface area contributed by atoms with Crippen LogP contribution in [0.2, 0.25) is 0 Å². The van der Waals surface area contributed by atoms with Gasteiger partial charge in [-0.15, -0.1) is 0 Å². The second-order valence-corrected chi connectivity index (χ2v) is 28.2. The van der Waals surface area contributed by atoms with Gasteiger partial charge >= 0.3 is 0 Å². The Morgan fingerprint density at radius 3 is 0.900 bits per heavy atom. The molecule has 0 rings (SSSR count). The van der Waals surface area contributed by atoms with Crippen LogP contribution in [0.15, 0.2) is 24.3 Å². The molecule has 0 aromatic heterocycles. The molecule has 0 fully saturated rings. The maximum Gasteiger partial charge on any atom is 0.221 e. The zero-order valence-electron chi connectivity index (χ0n) is 61.4. The molecule has 2 unspecified atom stereocenters. The Labute approximate surface area is 563 Å². The van der Waals surface area contributed by atoms with Gasteiger partial charge in [0.2, 0.25) is 11.8 Å². The number of nitrogens with zero attached hydrogens (tertiary/aromatic N) is 2. The fourth-order valence-corrected chi connectivity index (χ4v) is 12.9. The first-order valence-corrected chi connectivity index (χ1v) is 40.7. The van der Waals surface area contributed by atoms with Crippen molar-refractivity contribution in [3.63, 3.8) is 0 Å². The molecule has 0 spiro atoms. The van der Waals surface area contributed by atoms with Crippen LogP contribution >= 0.6 is 0 Å². The maximum absolute atomic E-state index is 12.7. The van der Waals surface area contributed by atoms with E-state index in [9.17, 15) is 19.8 Å². The Hall–Kier alpha value is -1.78. The zero-order chi connectivity index (χ0) is 65.2. The maximum atomic E-state index is 12.7. The minimum atomic E-state index is -0.475. The lowest BCUT2D eigenvalue weighted by molar-refractivity contribution is -0.121. The molecule has 0 aliphatic carbocycles. The van der Waals surface area contributed by atoms with E-state index in [1.54, 1.807) is 0 Å². The van der Waals surface area contributed by atoms with Gasteiger partial charge in [-0.1, -0.05) is 315 Å². The largest absolute Gasteiger partial charge is 0.392 e. The van der Waals surface area contributed by atoms with E-state index >= 15 is 0 Å². The number of nitrogens with one attached hydrogen (secondary N) is 3. The summed E-state index contributed by atoms with van der Waals surface area (Å²) in [5.41, 5.74) is 0. The molecule has 90 heavy (non-hydrogen) atoms.